The highest BCUT2D eigenvalue weighted by Crippen LogP contribution is 2.23. The zero-order chi connectivity index (χ0) is 34.0. The largest absolute Gasteiger partial charge is 0.471 e. The van der Waals surface area contributed by atoms with Crippen molar-refractivity contribution in [3.05, 3.63) is 24.3 Å². The Hall–Kier alpha value is -2.09. The van der Waals surface area contributed by atoms with Crippen molar-refractivity contribution < 1.29 is 46.9 Å². The van der Waals surface area contributed by atoms with Gasteiger partial charge in [-0.3, -0.25) is 14.4 Å². The standard InChI is InChI=1S/C33H55F3N2O7S/c1-3-4-5-6-7-8-9-10-11-12-13-14-20-28(27(39)19-15-17-22-44-30-21-16-18-23-45-30)46-25-26(38-32(42)33(34,35)36)31(41)37-24-29(40)43-2/h12-14,20,26-28,30,39H,3-11,15-19,21-25H2,1-2H3,(H,37,41)(H,38,42)/t26-,27?,28?,30?/m0/s1. The molecule has 46 heavy (non-hydrogen) atoms. The average Bonchev–Trinajstić information content (AvgIpc) is 3.04. The molecule has 1 fully saturated rings. The summed E-state index contributed by atoms with van der Waals surface area (Å²) in [5.74, 6) is -4.31. The summed E-state index contributed by atoms with van der Waals surface area (Å²) in [6.07, 6.45) is 16.6. The first-order chi connectivity index (χ1) is 22.1. The molecule has 3 N–H and O–H groups in total. The molecule has 4 atom stereocenters. The molecule has 1 heterocycles. The van der Waals surface area contributed by atoms with Crippen molar-refractivity contribution in [1.82, 2.24) is 10.6 Å². The number of thioether (sulfide) groups is 1. The first-order valence-electron chi connectivity index (χ1n) is 16.7. The number of allylic oxidation sites excluding steroid dienone is 3. The molecule has 0 saturated carbocycles. The predicted molar refractivity (Wildman–Crippen MR) is 174 cm³/mol. The van der Waals surface area contributed by atoms with E-state index in [0.29, 0.717) is 32.5 Å². The summed E-state index contributed by atoms with van der Waals surface area (Å²) in [6, 6.07) is -1.60. The number of carbonyl (C=O) groups excluding carboxylic acids is 3. The van der Waals surface area contributed by atoms with Gasteiger partial charge in [-0.25, -0.2) is 0 Å². The molecule has 0 aliphatic carbocycles. The minimum absolute atomic E-state index is 0.198. The van der Waals surface area contributed by atoms with E-state index in [-0.39, 0.29) is 12.0 Å². The van der Waals surface area contributed by atoms with E-state index in [0.717, 1.165) is 57.4 Å². The van der Waals surface area contributed by atoms with Gasteiger partial charge >= 0.3 is 18.1 Å². The van der Waals surface area contributed by atoms with Crippen molar-refractivity contribution in [3.8, 4) is 0 Å². The van der Waals surface area contributed by atoms with E-state index in [2.05, 4.69) is 17.0 Å². The third-order valence-electron chi connectivity index (χ3n) is 7.46. The van der Waals surface area contributed by atoms with Gasteiger partial charge in [-0.05, 0) is 51.4 Å². The van der Waals surface area contributed by atoms with Gasteiger partial charge in [0.05, 0.1) is 13.2 Å². The van der Waals surface area contributed by atoms with Crippen LogP contribution in [0, 0.1) is 0 Å². The minimum Gasteiger partial charge on any atom is -0.468 e. The van der Waals surface area contributed by atoms with E-state index in [4.69, 9.17) is 9.47 Å². The number of rotatable bonds is 25. The SMILES string of the molecule is CCCCCCCCCCC=CC=CC(SC[C@H](NC(=O)C(F)(F)F)C(=O)NCC(=O)OC)C(O)CCCCOC1CCCCO1. The zero-order valence-electron chi connectivity index (χ0n) is 27.5. The Morgan fingerprint density at radius 3 is 2.39 bits per heavy atom. The lowest BCUT2D eigenvalue weighted by Gasteiger charge is -2.24. The van der Waals surface area contributed by atoms with Crippen molar-refractivity contribution >= 4 is 29.5 Å². The summed E-state index contributed by atoms with van der Waals surface area (Å²) in [6.45, 7) is 2.81. The molecule has 1 aliphatic heterocycles. The Morgan fingerprint density at radius 1 is 1.02 bits per heavy atom. The number of ether oxygens (including phenoxy) is 3. The van der Waals surface area contributed by atoms with Crippen LogP contribution in [-0.2, 0) is 28.6 Å². The molecular weight excluding hydrogens is 625 g/mol. The average molecular weight is 681 g/mol. The molecule has 9 nitrogen and oxygen atoms in total. The molecule has 0 aromatic rings. The lowest BCUT2D eigenvalue weighted by Crippen LogP contribution is -2.52. The molecule has 266 valence electrons. The number of halogens is 3. The molecule has 1 aliphatic rings. The molecule has 0 aromatic carbocycles. The van der Waals surface area contributed by atoms with Gasteiger partial charge < -0.3 is 30.0 Å². The molecule has 13 heteroatoms. The number of alkyl halides is 3. The van der Waals surface area contributed by atoms with Gasteiger partial charge in [-0.15, -0.1) is 11.8 Å². The predicted octanol–water partition coefficient (Wildman–Crippen LogP) is 6.14. The molecule has 0 aromatic heterocycles. The summed E-state index contributed by atoms with van der Waals surface area (Å²) < 4.78 is 54.7. The lowest BCUT2D eigenvalue weighted by atomic mass is 10.1. The summed E-state index contributed by atoms with van der Waals surface area (Å²) >= 11 is 1.05. The molecule has 2 amide bonds. The van der Waals surface area contributed by atoms with Crippen LogP contribution in [0.25, 0.3) is 0 Å². The normalized spacial score (nSPS) is 17.6. The monoisotopic (exact) mass is 680 g/mol. The third-order valence-corrected chi connectivity index (χ3v) is 8.84. The molecule has 3 unspecified atom stereocenters. The van der Waals surface area contributed by atoms with E-state index in [1.165, 1.54) is 38.5 Å². The molecular formula is C33H55F3N2O7S. The van der Waals surface area contributed by atoms with Crippen LogP contribution >= 0.6 is 11.8 Å². The van der Waals surface area contributed by atoms with Gasteiger partial charge in [0.1, 0.15) is 12.6 Å². The van der Waals surface area contributed by atoms with Crippen molar-refractivity contribution in [2.24, 2.45) is 0 Å². The van der Waals surface area contributed by atoms with Crippen molar-refractivity contribution in [2.75, 3.05) is 32.6 Å². The van der Waals surface area contributed by atoms with Gasteiger partial charge in [0, 0.05) is 24.2 Å². The fourth-order valence-electron chi connectivity index (χ4n) is 4.70. The molecule has 0 bridgehead atoms. The topological polar surface area (TPSA) is 123 Å². The number of nitrogens with one attached hydrogen (secondary N) is 2. The van der Waals surface area contributed by atoms with Gasteiger partial charge in [0.2, 0.25) is 5.91 Å². The Morgan fingerprint density at radius 2 is 1.74 bits per heavy atom. The molecule has 0 radical (unpaired) electrons. The maximum atomic E-state index is 13.0. The van der Waals surface area contributed by atoms with Crippen LogP contribution in [-0.4, -0.2) is 85.4 Å². The second-order valence-electron chi connectivity index (χ2n) is 11.4. The third kappa shape index (κ3) is 20.9. The number of unbranched alkanes of at least 4 members (excludes halogenated alkanes) is 9. The van der Waals surface area contributed by atoms with Crippen LogP contribution in [0.15, 0.2) is 24.3 Å². The van der Waals surface area contributed by atoms with E-state index >= 15 is 0 Å². The number of hydrogen-bond acceptors (Lipinski definition) is 8. The van der Waals surface area contributed by atoms with Crippen molar-refractivity contribution in [3.63, 3.8) is 0 Å². The molecule has 1 saturated heterocycles. The maximum absolute atomic E-state index is 13.0. The van der Waals surface area contributed by atoms with Crippen LogP contribution in [0.1, 0.15) is 103 Å². The van der Waals surface area contributed by atoms with E-state index in [1.54, 1.807) is 17.5 Å². The first kappa shape index (κ1) is 41.9. The van der Waals surface area contributed by atoms with Crippen molar-refractivity contribution in [1.29, 1.82) is 0 Å². The fraction of sp³-hybridized carbons (Fsp3) is 0.788. The molecule has 1 rings (SSSR count). The zero-order valence-corrected chi connectivity index (χ0v) is 28.3. The highest BCUT2D eigenvalue weighted by atomic mass is 32.2. The highest BCUT2D eigenvalue weighted by Gasteiger charge is 2.41. The minimum atomic E-state index is -5.20. The van der Waals surface area contributed by atoms with Crippen LogP contribution in [0.3, 0.4) is 0 Å². The van der Waals surface area contributed by atoms with E-state index in [9.17, 15) is 32.7 Å². The number of methoxy groups -OCH3 is 1. The second kappa shape index (κ2) is 25.9. The smallest absolute Gasteiger partial charge is 0.468 e. The van der Waals surface area contributed by atoms with Crippen LogP contribution in [0.5, 0.6) is 0 Å². The van der Waals surface area contributed by atoms with E-state index < -0.39 is 47.9 Å². The summed E-state index contributed by atoms with van der Waals surface area (Å²) in [5, 5.41) is 14.3. The first-order valence-corrected chi connectivity index (χ1v) is 17.7. The summed E-state index contributed by atoms with van der Waals surface area (Å²) in [7, 11) is 1.10. The fourth-order valence-corrected chi connectivity index (χ4v) is 5.91. The van der Waals surface area contributed by atoms with Crippen LogP contribution in [0.2, 0.25) is 0 Å². The van der Waals surface area contributed by atoms with Gasteiger partial charge in [-0.1, -0.05) is 76.2 Å². The Bertz CT molecular complexity index is 899. The highest BCUT2D eigenvalue weighted by molar-refractivity contribution is 8.00. The summed E-state index contributed by atoms with van der Waals surface area (Å²) in [5.41, 5.74) is 0. The quantitative estimate of drug-likeness (QED) is 0.0597. The number of aliphatic hydroxyl groups is 1. The number of hydrogen-bond donors (Lipinski definition) is 3. The van der Waals surface area contributed by atoms with Crippen LogP contribution < -0.4 is 10.6 Å². The van der Waals surface area contributed by atoms with Crippen LogP contribution in [0.4, 0.5) is 13.2 Å². The summed E-state index contributed by atoms with van der Waals surface area (Å²) in [4.78, 5) is 35.7. The second-order valence-corrected chi connectivity index (χ2v) is 12.6. The lowest BCUT2D eigenvalue weighted by molar-refractivity contribution is -0.174. The van der Waals surface area contributed by atoms with Gasteiger partial charge in [0.25, 0.3) is 0 Å². The molecule has 0 spiro atoms. The Kier molecular flexibility index (Phi) is 23.6. The number of esters is 1. The van der Waals surface area contributed by atoms with Gasteiger partial charge in [-0.2, -0.15) is 13.2 Å². The number of carbonyl (C=O) groups is 3. The van der Waals surface area contributed by atoms with Crippen molar-refractivity contribution in [2.45, 2.75) is 133 Å². The number of amides is 2. The maximum Gasteiger partial charge on any atom is 0.471 e. The Balaban J connectivity index is 2.75. The van der Waals surface area contributed by atoms with E-state index in [1.807, 2.05) is 12.2 Å². The van der Waals surface area contributed by atoms with Gasteiger partial charge in [0.15, 0.2) is 6.29 Å². The Labute approximate surface area is 276 Å². The number of aliphatic hydroxyl groups excluding tert-OH is 1.